The molecule has 0 spiro atoms. The van der Waals surface area contributed by atoms with Gasteiger partial charge in [0.15, 0.2) is 0 Å². The standard InChI is InChI=1S/C11H10BrF2N3/c1-17-5-4-8(16-17)11(15)9-7(13)3-2-6(12)10(9)14/h2-5,11H,15H2,1H3. The molecule has 3 nitrogen and oxygen atoms in total. The molecule has 2 aromatic rings. The van der Waals surface area contributed by atoms with E-state index >= 15 is 0 Å². The second-order valence-corrected chi connectivity index (χ2v) is 4.50. The van der Waals surface area contributed by atoms with Gasteiger partial charge >= 0.3 is 0 Å². The van der Waals surface area contributed by atoms with E-state index in [-0.39, 0.29) is 10.0 Å². The van der Waals surface area contributed by atoms with Crippen LogP contribution in [0.15, 0.2) is 28.9 Å². The van der Waals surface area contributed by atoms with Gasteiger partial charge in [-0.25, -0.2) is 8.78 Å². The fraction of sp³-hybridized carbons (Fsp3) is 0.182. The number of benzene rings is 1. The Kier molecular flexibility index (Phi) is 3.26. The van der Waals surface area contributed by atoms with Crippen LogP contribution in [0.5, 0.6) is 0 Å². The quantitative estimate of drug-likeness (QED) is 0.866. The molecule has 0 bridgehead atoms. The molecular formula is C11H10BrF2N3. The minimum absolute atomic E-state index is 0.181. The molecule has 1 aromatic heterocycles. The SMILES string of the molecule is Cn1ccc(C(N)c2c(F)ccc(Br)c2F)n1. The van der Waals surface area contributed by atoms with Gasteiger partial charge in [0.1, 0.15) is 11.6 Å². The first-order valence-corrected chi connectivity index (χ1v) is 5.68. The van der Waals surface area contributed by atoms with Gasteiger partial charge in [0.05, 0.1) is 16.2 Å². The Bertz CT molecular complexity index is 554. The lowest BCUT2D eigenvalue weighted by molar-refractivity contribution is 0.535. The number of nitrogens with two attached hydrogens (primary N) is 1. The summed E-state index contributed by atoms with van der Waals surface area (Å²) in [6.45, 7) is 0. The van der Waals surface area contributed by atoms with Crippen molar-refractivity contribution in [3.05, 3.63) is 51.8 Å². The van der Waals surface area contributed by atoms with Crippen molar-refractivity contribution in [3.63, 3.8) is 0 Å². The van der Waals surface area contributed by atoms with Crippen LogP contribution in [-0.2, 0) is 7.05 Å². The Morgan fingerprint density at radius 2 is 2.06 bits per heavy atom. The van der Waals surface area contributed by atoms with E-state index in [2.05, 4.69) is 21.0 Å². The van der Waals surface area contributed by atoms with Crippen LogP contribution in [0.25, 0.3) is 0 Å². The monoisotopic (exact) mass is 301 g/mol. The molecule has 0 aliphatic heterocycles. The van der Waals surface area contributed by atoms with Gasteiger partial charge in [0.2, 0.25) is 0 Å². The highest BCUT2D eigenvalue weighted by Crippen LogP contribution is 2.28. The summed E-state index contributed by atoms with van der Waals surface area (Å²) in [5.74, 6) is -1.37. The third kappa shape index (κ3) is 2.23. The Labute approximate surface area is 105 Å². The van der Waals surface area contributed by atoms with E-state index in [1.807, 2.05) is 0 Å². The molecule has 0 aliphatic rings. The molecule has 0 saturated heterocycles. The molecule has 1 unspecified atom stereocenters. The fourth-order valence-electron chi connectivity index (χ4n) is 1.57. The zero-order valence-corrected chi connectivity index (χ0v) is 10.6. The second kappa shape index (κ2) is 4.54. The smallest absolute Gasteiger partial charge is 0.145 e. The highest BCUT2D eigenvalue weighted by Gasteiger charge is 2.21. The van der Waals surface area contributed by atoms with Crippen LogP contribution in [0, 0.1) is 11.6 Å². The lowest BCUT2D eigenvalue weighted by Crippen LogP contribution is -2.16. The molecule has 0 amide bonds. The molecule has 0 aliphatic carbocycles. The normalized spacial score (nSPS) is 12.8. The summed E-state index contributed by atoms with van der Waals surface area (Å²) in [5, 5.41) is 4.04. The summed E-state index contributed by atoms with van der Waals surface area (Å²) in [6, 6.07) is 3.18. The second-order valence-electron chi connectivity index (χ2n) is 3.65. The molecule has 90 valence electrons. The predicted octanol–water partition coefficient (Wildman–Crippen LogP) is 2.51. The maximum Gasteiger partial charge on any atom is 0.145 e. The zero-order valence-electron chi connectivity index (χ0n) is 8.99. The molecule has 0 fully saturated rings. The van der Waals surface area contributed by atoms with Gasteiger partial charge in [-0.1, -0.05) is 0 Å². The maximum atomic E-state index is 13.8. The van der Waals surface area contributed by atoms with Crippen LogP contribution in [-0.4, -0.2) is 9.78 Å². The van der Waals surface area contributed by atoms with Crippen LogP contribution in [0.1, 0.15) is 17.3 Å². The van der Waals surface area contributed by atoms with E-state index in [1.165, 1.54) is 16.8 Å². The molecule has 17 heavy (non-hydrogen) atoms. The average molecular weight is 302 g/mol. The molecule has 6 heteroatoms. The average Bonchev–Trinajstić information content (AvgIpc) is 2.71. The minimum Gasteiger partial charge on any atom is -0.319 e. The summed E-state index contributed by atoms with van der Waals surface area (Å²) >= 11 is 3.00. The molecular weight excluding hydrogens is 292 g/mol. The van der Waals surface area contributed by atoms with E-state index in [1.54, 1.807) is 19.3 Å². The van der Waals surface area contributed by atoms with Crippen LogP contribution in [0.2, 0.25) is 0 Å². The van der Waals surface area contributed by atoms with Crippen molar-refractivity contribution in [2.24, 2.45) is 12.8 Å². The Morgan fingerprint density at radius 3 is 2.65 bits per heavy atom. The van der Waals surface area contributed by atoms with Crippen molar-refractivity contribution in [1.82, 2.24) is 9.78 Å². The van der Waals surface area contributed by atoms with E-state index in [9.17, 15) is 8.78 Å². The number of nitrogens with zero attached hydrogens (tertiary/aromatic N) is 2. The van der Waals surface area contributed by atoms with Gasteiger partial charge in [-0.05, 0) is 34.1 Å². The number of rotatable bonds is 2. The van der Waals surface area contributed by atoms with Crippen LogP contribution < -0.4 is 5.73 Å². The predicted molar refractivity (Wildman–Crippen MR) is 63.3 cm³/mol. The lowest BCUT2D eigenvalue weighted by atomic mass is 10.0. The number of aromatic nitrogens is 2. The minimum atomic E-state index is -0.923. The topological polar surface area (TPSA) is 43.8 Å². The summed E-state index contributed by atoms with van der Waals surface area (Å²) in [5.41, 5.74) is 6.06. The maximum absolute atomic E-state index is 13.8. The molecule has 0 saturated carbocycles. The summed E-state index contributed by atoms with van der Waals surface area (Å²) in [6.07, 6.45) is 1.67. The van der Waals surface area contributed by atoms with Crippen molar-refractivity contribution in [2.45, 2.75) is 6.04 Å². The first-order chi connectivity index (χ1) is 8.00. The summed E-state index contributed by atoms with van der Waals surface area (Å²) in [7, 11) is 1.71. The van der Waals surface area contributed by atoms with Gasteiger partial charge in [0.25, 0.3) is 0 Å². The Hall–Kier alpha value is -1.27. The van der Waals surface area contributed by atoms with Crippen molar-refractivity contribution in [1.29, 1.82) is 0 Å². The zero-order chi connectivity index (χ0) is 12.6. The summed E-state index contributed by atoms with van der Waals surface area (Å²) in [4.78, 5) is 0. The van der Waals surface area contributed by atoms with E-state index in [4.69, 9.17) is 5.73 Å². The van der Waals surface area contributed by atoms with Crippen molar-refractivity contribution < 1.29 is 8.78 Å². The Balaban J connectivity index is 2.50. The van der Waals surface area contributed by atoms with Gasteiger partial charge in [-0.2, -0.15) is 5.10 Å². The van der Waals surface area contributed by atoms with Gasteiger partial charge in [-0.15, -0.1) is 0 Å². The number of hydrogen-bond acceptors (Lipinski definition) is 2. The van der Waals surface area contributed by atoms with Crippen molar-refractivity contribution >= 4 is 15.9 Å². The summed E-state index contributed by atoms with van der Waals surface area (Å²) < 4.78 is 29.1. The van der Waals surface area contributed by atoms with Crippen molar-refractivity contribution in [2.75, 3.05) is 0 Å². The van der Waals surface area contributed by atoms with E-state index in [0.29, 0.717) is 5.69 Å². The van der Waals surface area contributed by atoms with Crippen LogP contribution >= 0.6 is 15.9 Å². The highest BCUT2D eigenvalue weighted by atomic mass is 79.9. The molecule has 1 heterocycles. The van der Waals surface area contributed by atoms with E-state index in [0.717, 1.165) is 0 Å². The Morgan fingerprint density at radius 1 is 1.35 bits per heavy atom. The fourth-order valence-corrected chi connectivity index (χ4v) is 1.92. The molecule has 0 radical (unpaired) electrons. The molecule has 2 rings (SSSR count). The van der Waals surface area contributed by atoms with E-state index < -0.39 is 17.7 Å². The van der Waals surface area contributed by atoms with Crippen molar-refractivity contribution in [3.8, 4) is 0 Å². The molecule has 2 N–H and O–H groups in total. The number of halogens is 3. The van der Waals surface area contributed by atoms with Crippen LogP contribution in [0.3, 0.4) is 0 Å². The lowest BCUT2D eigenvalue weighted by Gasteiger charge is -2.12. The first kappa shape index (κ1) is 12.2. The van der Waals surface area contributed by atoms with Gasteiger partial charge < -0.3 is 5.73 Å². The third-order valence-corrected chi connectivity index (χ3v) is 3.06. The third-order valence-electron chi connectivity index (χ3n) is 2.44. The van der Waals surface area contributed by atoms with Crippen LogP contribution in [0.4, 0.5) is 8.78 Å². The first-order valence-electron chi connectivity index (χ1n) is 4.89. The largest absolute Gasteiger partial charge is 0.319 e. The number of aryl methyl sites for hydroxylation is 1. The van der Waals surface area contributed by atoms with Gasteiger partial charge in [0, 0.05) is 18.8 Å². The molecule has 1 aromatic carbocycles. The molecule has 1 atom stereocenters. The number of hydrogen-bond donors (Lipinski definition) is 1. The van der Waals surface area contributed by atoms with Gasteiger partial charge in [-0.3, -0.25) is 4.68 Å². The highest BCUT2D eigenvalue weighted by molar-refractivity contribution is 9.10.